The zero-order chi connectivity index (χ0) is 13.2. The predicted molar refractivity (Wildman–Crippen MR) is 64.3 cm³/mol. The molecule has 2 aromatic heterocycles. The van der Waals surface area contributed by atoms with Gasteiger partial charge in [-0.15, -0.1) is 0 Å². The normalized spacial score (nSPS) is 10.5. The van der Waals surface area contributed by atoms with Crippen LogP contribution in [0, 0.1) is 18.3 Å². The Bertz CT molecular complexity index is 767. The second-order valence-electron chi connectivity index (χ2n) is 3.95. The second kappa shape index (κ2) is 4.46. The number of aryl methyl sites for hydroxylation is 1. The van der Waals surface area contributed by atoms with Crippen molar-refractivity contribution in [3.63, 3.8) is 0 Å². The number of para-hydroxylation sites is 1. The van der Waals surface area contributed by atoms with Crippen LogP contribution in [-0.4, -0.2) is 10.3 Å². The van der Waals surface area contributed by atoms with Crippen LogP contribution in [0.1, 0.15) is 17.1 Å². The quantitative estimate of drug-likeness (QED) is 0.715. The zero-order valence-corrected chi connectivity index (χ0v) is 10.1. The first-order valence-electron chi connectivity index (χ1n) is 5.62. The molecule has 0 aliphatic rings. The Morgan fingerprint density at radius 1 is 1.32 bits per heavy atom. The van der Waals surface area contributed by atoms with E-state index in [1.807, 2.05) is 24.3 Å². The number of fused-ring (bicyclic) bond motifs is 1. The van der Waals surface area contributed by atoms with Gasteiger partial charge in [0.05, 0.1) is 5.39 Å². The van der Waals surface area contributed by atoms with Crippen molar-refractivity contribution in [1.29, 1.82) is 5.26 Å². The van der Waals surface area contributed by atoms with Gasteiger partial charge < -0.3 is 9.15 Å². The molecule has 6 nitrogen and oxygen atoms in total. The zero-order valence-electron chi connectivity index (χ0n) is 10.1. The van der Waals surface area contributed by atoms with Crippen LogP contribution in [0.3, 0.4) is 0 Å². The molecule has 19 heavy (non-hydrogen) atoms. The molecule has 2 heterocycles. The summed E-state index contributed by atoms with van der Waals surface area (Å²) in [4.78, 5) is 0. The fraction of sp³-hybridized carbons (Fsp3) is 0.154. The number of ether oxygens (including phenoxy) is 1. The van der Waals surface area contributed by atoms with Crippen molar-refractivity contribution >= 4 is 11.0 Å². The maximum Gasteiger partial charge on any atom is 0.246 e. The van der Waals surface area contributed by atoms with Gasteiger partial charge in [0, 0.05) is 0 Å². The topological polar surface area (TPSA) is 85.1 Å². The number of benzene rings is 1. The number of aromatic nitrogens is 2. The molecule has 0 spiro atoms. The van der Waals surface area contributed by atoms with Gasteiger partial charge in [0.1, 0.15) is 29.6 Å². The van der Waals surface area contributed by atoms with Gasteiger partial charge in [0.25, 0.3) is 0 Å². The third-order valence-corrected chi connectivity index (χ3v) is 2.75. The largest absolute Gasteiger partial charge is 0.482 e. The van der Waals surface area contributed by atoms with Gasteiger partial charge in [0.2, 0.25) is 5.76 Å². The number of hydrogen-bond acceptors (Lipinski definition) is 6. The average Bonchev–Trinajstić information content (AvgIpc) is 2.99. The van der Waals surface area contributed by atoms with Crippen molar-refractivity contribution in [2.75, 3.05) is 0 Å². The third kappa shape index (κ3) is 1.91. The van der Waals surface area contributed by atoms with Crippen LogP contribution in [0.2, 0.25) is 0 Å². The molecule has 0 saturated carbocycles. The van der Waals surface area contributed by atoms with Crippen LogP contribution in [0.5, 0.6) is 5.75 Å². The van der Waals surface area contributed by atoms with Gasteiger partial charge in [-0.1, -0.05) is 22.4 Å². The highest BCUT2D eigenvalue weighted by Gasteiger charge is 2.16. The molecular formula is C13H9N3O3. The van der Waals surface area contributed by atoms with Crippen LogP contribution >= 0.6 is 0 Å². The summed E-state index contributed by atoms with van der Waals surface area (Å²) in [7, 11) is 0. The fourth-order valence-electron chi connectivity index (χ4n) is 1.76. The number of rotatable bonds is 3. The first-order valence-corrected chi connectivity index (χ1v) is 5.62. The van der Waals surface area contributed by atoms with Crippen LogP contribution < -0.4 is 4.74 Å². The summed E-state index contributed by atoms with van der Waals surface area (Å²) in [5.74, 6) is 0.566. The van der Waals surface area contributed by atoms with Crippen molar-refractivity contribution in [2.45, 2.75) is 13.5 Å². The van der Waals surface area contributed by atoms with Crippen LogP contribution in [0.15, 0.2) is 33.3 Å². The van der Waals surface area contributed by atoms with Crippen molar-refractivity contribution in [2.24, 2.45) is 0 Å². The number of furan rings is 1. The molecule has 0 radical (unpaired) electrons. The van der Waals surface area contributed by atoms with Gasteiger partial charge >= 0.3 is 0 Å². The lowest BCUT2D eigenvalue weighted by molar-refractivity contribution is 0.269. The lowest BCUT2D eigenvalue weighted by atomic mass is 10.2. The minimum Gasteiger partial charge on any atom is -0.482 e. The Labute approximate surface area is 108 Å². The molecule has 0 aliphatic carbocycles. The predicted octanol–water partition coefficient (Wildman–Crippen LogP) is 2.57. The average molecular weight is 255 g/mol. The van der Waals surface area contributed by atoms with Crippen LogP contribution in [0.25, 0.3) is 11.0 Å². The fourth-order valence-corrected chi connectivity index (χ4v) is 1.76. The first-order chi connectivity index (χ1) is 9.29. The molecule has 0 N–H and O–H groups in total. The molecule has 6 heteroatoms. The molecule has 3 rings (SSSR count). The van der Waals surface area contributed by atoms with Crippen molar-refractivity contribution in [1.82, 2.24) is 10.3 Å². The molecule has 94 valence electrons. The molecule has 0 fully saturated rings. The van der Waals surface area contributed by atoms with Crippen molar-refractivity contribution in [3.05, 3.63) is 41.4 Å². The highest BCUT2D eigenvalue weighted by atomic mass is 16.6. The van der Waals surface area contributed by atoms with E-state index in [0.29, 0.717) is 22.7 Å². The Hall–Kier alpha value is -2.81. The van der Waals surface area contributed by atoms with E-state index in [-0.39, 0.29) is 12.4 Å². The Morgan fingerprint density at radius 2 is 2.16 bits per heavy atom. The van der Waals surface area contributed by atoms with Gasteiger partial charge in [-0.05, 0) is 19.1 Å². The van der Waals surface area contributed by atoms with E-state index in [1.54, 1.807) is 13.0 Å². The summed E-state index contributed by atoms with van der Waals surface area (Å²) in [6.45, 7) is 1.95. The lowest BCUT2D eigenvalue weighted by Crippen LogP contribution is -1.98. The second-order valence-corrected chi connectivity index (χ2v) is 3.95. The molecule has 1 aromatic carbocycles. The molecular weight excluding hydrogens is 246 g/mol. The molecule has 0 bridgehead atoms. The van der Waals surface area contributed by atoms with E-state index in [1.165, 1.54) is 0 Å². The molecule has 3 aromatic rings. The summed E-state index contributed by atoms with van der Waals surface area (Å²) in [6.07, 6.45) is 0. The highest BCUT2D eigenvalue weighted by Crippen LogP contribution is 2.32. The summed E-state index contributed by atoms with van der Waals surface area (Å²) >= 11 is 0. The summed E-state index contributed by atoms with van der Waals surface area (Å²) in [5.41, 5.74) is 1.87. The Morgan fingerprint density at radius 3 is 2.89 bits per heavy atom. The minimum atomic E-state index is 0.148. The number of nitriles is 1. The summed E-state index contributed by atoms with van der Waals surface area (Å²) in [6, 6.07) is 9.29. The van der Waals surface area contributed by atoms with E-state index >= 15 is 0 Å². The maximum absolute atomic E-state index is 9.06. The monoisotopic (exact) mass is 255 g/mol. The first kappa shape index (κ1) is 11.3. The van der Waals surface area contributed by atoms with Gasteiger partial charge in [-0.2, -0.15) is 5.26 Å². The van der Waals surface area contributed by atoms with E-state index < -0.39 is 0 Å². The standard InChI is InChI=1S/C13H9N3O3/c1-8-10(16-19-15-8)7-17-13-9-4-2-3-5-11(9)18-12(13)6-14/h2-5H,7H2,1H3. The van der Waals surface area contributed by atoms with Crippen LogP contribution in [-0.2, 0) is 6.61 Å². The van der Waals surface area contributed by atoms with Gasteiger partial charge in [-0.3, -0.25) is 0 Å². The number of nitrogens with zero attached hydrogens (tertiary/aromatic N) is 3. The van der Waals surface area contributed by atoms with E-state index in [4.69, 9.17) is 14.4 Å². The molecule has 0 atom stereocenters. The van der Waals surface area contributed by atoms with Gasteiger partial charge in [0.15, 0.2) is 5.75 Å². The smallest absolute Gasteiger partial charge is 0.246 e. The summed E-state index contributed by atoms with van der Waals surface area (Å²) < 4.78 is 15.6. The minimum absolute atomic E-state index is 0.148. The lowest BCUT2D eigenvalue weighted by Gasteiger charge is -2.01. The highest BCUT2D eigenvalue weighted by molar-refractivity contribution is 5.86. The Kier molecular flexibility index (Phi) is 2.65. The van der Waals surface area contributed by atoms with E-state index in [9.17, 15) is 0 Å². The molecule has 0 aliphatic heterocycles. The third-order valence-electron chi connectivity index (χ3n) is 2.75. The van der Waals surface area contributed by atoms with Crippen molar-refractivity contribution < 1.29 is 13.8 Å². The molecule has 0 amide bonds. The molecule has 0 saturated heterocycles. The SMILES string of the molecule is Cc1nonc1COc1c(C#N)oc2ccccc12. The maximum atomic E-state index is 9.06. The van der Waals surface area contributed by atoms with E-state index in [2.05, 4.69) is 14.9 Å². The van der Waals surface area contributed by atoms with Crippen LogP contribution in [0.4, 0.5) is 0 Å². The molecule has 0 unspecified atom stereocenters. The Balaban J connectivity index is 1.96. The summed E-state index contributed by atoms with van der Waals surface area (Å²) in [5, 5.41) is 17.2. The van der Waals surface area contributed by atoms with Gasteiger partial charge in [-0.25, -0.2) is 4.63 Å². The number of hydrogen-bond donors (Lipinski definition) is 0. The van der Waals surface area contributed by atoms with Crippen molar-refractivity contribution in [3.8, 4) is 11.8 Å². The van der Waals surface area contributed by atoms with E-state index in [0.717, 1.165) is 5.39 Å².